The quantitative estimate of drug-likeness (QED) is 0.906. The summed E-state index contributed by atoms with van der Waals surface area (Å²) in [6.45, 7) is 0. The summed E-state index contributed by atoms with van der Waals surface area (Å²) in [5, 5.41) is 19.8. The molecule has 1 fully saturated rings. The lowest BCUT2D eigenvalue weighted by molar-refractivity contribution is -0.142. The van der Waals surface area contributed by atoms with Gasteiger partial charge in [-0.15, -0.1) is 0 Å². The Labute approximate surface area is 123 Å². The first-order valence-electron chi connectivity index (χ1n) is 7.20. The molecule has 3 heteroatoms. The van der Waals surface area contributed by atoms with Crippen LogP contribution in [-0.4, -0.2) is 16.2 Å². The topological polar surface area (TPSA) is 57.5 Å². The Bertz CT molecular complexity index is 633. The van der Waals surface area contributed by atoms with Crippen LogP contribution in [0.3, 0.4) is 0 Å². The van der Waals surface area contributed by atoms with Crippen LogP contribution in [0.2, 0.25) is 0 Å². The first-order chi connectivity index (χ1) is 10.1. The average Bonchev–Trinajstić information content (AvgIpc) is 2.92. The van der Waals surface area contributed by atoms with E-state index >= 15 is 0 Å². The lowest BCUT2D eigenvalue weighted by Gasteiger charge is -2.23. The smallest absolute Gasteiger partial charge is 0.306 e. The van der Waals surface area contributed by atoms with Gasteiger partial charge in [-0.2, -0.15) is 0 Å². The van der Waals surface area contributed by atoms with Gasteiger partial charge in [0.05, 0.1) is 11.5 Å². The molecule has 0 aliphatic heterocycles. The fourth-order valence-corrected chi connectivity index (χ4v) is 3.10. The van der Waals surface area contributed by atoms with Crippen molar-refractivity contribution in [2.75, 3.05) is 0 Å². The predicted molar refractivity (Wildman–Crippen MR) is 80.8 cm³/mol. The van der Waals surface area contributed by atoms with E-state index in [-0.39, 0.29) is 0 Å². The van der Waals surface area contributed by atoms with E-state index < -0.39 is 17.5 Å². The molecule has 1 aliphatic rings. The third-order valence-corrected chi connectivity index (χ3v) is 4.37. The van der Waals surface area contributed by atoms with Gasteiger partial charge >= 0.3 is 5.97 Å². The minimum absolute atomic E-state index is 0.299. The monoisotopic (exact) mass is 282 g/mol. The predicted octanol–water partition coefficient (Wildman–Crippen LogP) is 3.43. The van der Waals surface area contributed by atoms with Gasteiger partial charge < -0.3 is 10.2 Å². The molecule has 21 heavy (non-hydrogen) atoms. The van der Waals surface area contributed by atoms with Crippen LogP contribution < -0.4 is 0 Å². The molecule has 2 N–H and O–H groups in total. The lowest BCUT2D eigenvalue weighted by Crippen LogP contribution is -2.23. The largest absolute Gasteiger partial charge is 0.481 e. The van der Waals surface area contributed by atoms with Crippen molar-refractivity contribution < 1.29 is 15.0 Å². The summed E-state index contributed by atoms with van der Waals surface area (Å²) in [6.07, 6.45) is 1.34. The average molecular weight is 282 g/mol. The van der Waals surface area contributed by atoms with E-state index in [9.17, 15) is 9.90 Å². The van der Waals surface area contributed by atoms with Crippen LogP contribution in [0.5, 0.6) is 0 Å². The normalized spacial score (nSPS) is 24.9. The summed E-state index contributed by atoms with van der Waals surface area (Å²) in [5.74, 6) is -1.25. The highest BCUT2D eigenvalue weighted by atomic mass is 16.4. The summed E-state index contributed by atoms with van der Waals surface area (Å²) in [5.41, 5.74) is 2.03. The zero-order valence-corrected chi connectivity index (χ0v) is 11.7. The lowest BCUT2D eigenvalue weighted by atomic mass is 9.90. The van der Waals surface area contributed by atoms with Crippen LogP contribution in [-0.2, 0) is 10.4 Å². The molecule has 0 amide bonds. The molecule has 1 aliphatic carbocycles. The van der Waals surface area contributed by atoms with Crippen LogP contribution in [0.4, 0.5) is 0 Å². The minimum atomic E-state index is -1.00. The van der Waals surface area contributed by atoms with Gasteiger partial charge in [0.25, 0.3) is 0 Å². The van der Waals surface area contributed by atoms with Crippen molar-refractivity contribution in [3.8, 4) is 11.1 Å². The van der Waals surface area contributed by atoms with Crippen molar-refractivity contribution in [1.29, 1.82) is 0 Å². The van der Waals surface area contributed by atoms with E-state index in [0.29, 0.717) is 19.3 Å². The number of hydrogen-bond donors (Lipinski definition) is 2. The van der Waals surface area contributed by atoms with Gasteiger partial charge in [-0.05, 0) is 36.0 Å². The molecule has 108 valence electrons. The number of carboxylic acid groups (broad SMARTS) is 1. The number of aliphatic carboxylic acids is 1. The molecule has 0 aromatic heterocycles. The minimum Gasteiger partial charge on any atom is -0.481 e. The first-order valence-corrected chi connectivity index (χ1v) is 7.20. The van der Waals surface area contributed by atoms with Gasteiger partial charge in [0, 0.05) is 0 Å². The number of aliphatic hydroxyl groups is 1. The molecule has 1 saturated carbocycles. The number of benzene rings is 2. The summed E-state index contributed by atoms with van der Waals surface area (Å²) in [4.78, 5) is 11.0. The molecule has 0 heterocycles. The van der Waals surface area contributed by atoms with E-state index in [1.54, 1.807) is 0 Å². The van der Waals surface area contributed by atoms with Gasteiger partial charge in [-0.25, -0.2) is 0 Å². The maximum absolute atomic E-state index is 11.0. The highest BCUT2D eigenvalue weighted by Gasteiger charge is 2.41. The molecular weight excluding hydrogens is 264 g/mol. The molecular formula is C18H18O3. The highest BCUT2D eigenvalue weighted by molar-refractivity contribution is 5.70. The number of carboxylic acids is 1. The SMILES string of the molecule is O=C(O)[C@@H]1CC[C@@](O)(c2ccc(-c3ccccc3)cc2)C1. The fraction of sp³-hybridized carbons (Fsp3) is 0.278. The number of rotatable bonds is 3. The maximum atomic E-state index is 11.0. The number of hydrogen-bond acceptors (Lipinski definition) is 2. The molecule has 2 atom stereocenters. The van der Waals surface area contributed by atoms with Crippen molar-refractivity contribution in [1.82, 2.24) is 0 Å². The molecule has 0 spiro atoms. The maximum Gasteiger partial charge on any atom is 0.306 e. The van der Waals surface area contributed by atoms with E-state index in [0.717, 1.165) is 16.7 Å². The van der Waals surface area contributed by atoms with Gasteiger partial charge in [-0.3, -0.25) is 4.79 Å². The van der Waals surface area contributed by atoms with Crippen molar-refractivity contribution in [3.63, 3.8) is 0 Å². The second-order valence-electron chi connectivity index (χ2n) is 5.75. The van der Waals surface area contributed by atoms with Crippen LogP contribution in [0.15, 0.2) is 54.6 Å². The Balaban J connectivity index is 1.83. The van der Waals surface area contributed by atoms with Crippen LogP contribution in [0, 0.1) is 5.92 Å². The zero-order chi connectivity index (χ0) is 14.9. The third-order valence-electron chi connectivity index (χ3n) is 4.37. The van der Waals surface area contributed by atoms with Crippen molar-refractivity contribution in [2.45, 2.75) is 24.9 Å². The molecule has 0 bridgehead atoms. The molecule has 0 radical (unpaired) electrons. The Morgan fingerprint density at radius 3 is 2.19 bits per heavy atom. The summed E-state index contributed by atoms with van der Waals surface area (Å²) in [6, 6.07) is 17.8. The molecule has 0 saturated heterocycles. The van der Waals surface area contributed by atoms with E-state index in [4.69, 9.17) is 5.11 Å². The second kappa shape index (κ2) is 5.34. The Kier molecular flexibility index (Phi) is 3.52. The standard InChI is InChI=1S/C18H18O3/c19-17(20)15-10-11-18(21,12-15)16-8-6-14(7-9-16)13-4-2-1-3-5-13/h1-9,15,21H,10-12H2,(H,19,20)/t15-,18+/m1/s1. The van der Waals surface area contributed by atoms with Crippen LogP contribution in [0.1, 0.15) is 24.8 Å². The van der Waals surface area contributed by atoms with Crippen LogP contribution in [0.25, 0.3) is 11.1 Å². The van der Waals surface area contributed by atoms with E-state index in [1.807, 2.05) is 54.6 Å². The molecule has 3 nitrogen and oxygen atoms in total. The second-order valence-corrected chi connectivity index (χ2v) is 5.75. The van der Waals surface area contributed by atoms with Crippen LogP contribution >= 0.6 is 0 Å². The highest BCUT2D eigenvalue weighted by Crippen LogP contribution is 2.42. The van der Waals surface area contributed by atoms with Gasteiger partial charge in [0.15, 0.2) is 0 Å². The van der Waals surface area contributed by atoms with Crippen molar-refractivity contribution >= 4 is 5.97 Å². The molecule has 2 aromatic carbocycles. The summed E-state index contributed by atoms with van der Waals surface area (Å²) in [7, 11) is 0. The fourth-order valence-electron chi connectivity index (χ4n) is 3.10. The Hall–Kier alpha value is -2.13. The van der Waals surface area contributed by atoms with Crippen molar-refractivity contribution in [3.05, 3.63) is 60.2 Å². The molecule has 2 aromatic rings. The molecule has 3 rings (SSSR count). The van der Waals surface area contributed by atoms with Crippen molar-refractivity contribution in [2.24, 2.45) is 5.92 Å². The zero-order valence-electron chi connectivity index (χ0n) is 11.7. The van der Waals surface area contributed by atoms with Gasteiger partial charge in [0.2, 0.25) is 0 Å². The van der Waals surface area contributed by atoms with Gasteiger partial charge in [-0.1, -0.05) is 54.6 Å². The third kappa shape index (κ3) is 2.69. The summed E-state index contributed by atoms with van der Waals surface area (Å²) < 4.78 is 0. The summed E-state index contributed by atoms with van der Waals surface area (Å²) >= 11 is 0. The Morgan fingerprint density at radius 1 is 1.00 bits per heavy atom. The van der Waals surface area contributed by atoms with E-state index in [2.05, 4.69) is 0 Å². The Morgan fingerprint density at radius 2 is 1.62 bits per heavy atom. The van der Waals surface area contributed by atoms with Gasteiger partial charge in [0.1, 0.15) is 0 Å². The number of carbonyl (C=O) groups is 1. The first kappa shape index (κ1) is 13.8. The molecule has 0 unspecified atom stereocenters. The van der Waals surface area contributed by atoms with E-state index in [1.165, 1.54) is 0 Å².